The molecule has 1 fully saturated rings. The summed E-state index contributed by atoms with van der Waals surface area (Å²) in [4.78, 5) is 16.3. The molecule has 1 aliphatic rings. The number of aliphatic imine (C=N–C) groups is 1. The van der Waals surface area contributed by atoms with E-state index >= 15 is 0 Å². The van der Waals surface area contributed by atoms with Crippen LogP contribution in [0, 0.1) is 5.41 Å². The fourth-order valence-corrected chi connectivity index (χ4v) is 3.84. The van der Waals surface area contributed by atoms with Gasteiger partial charge in [0.05, 0.1) is 15.9 Å². The molecule has 0 bridgehead atoms. The van der Waals surface area contributed by atoms with Crippen molar-refractivity contribution in [1.82, 2.24) is 14.5 Å². The van der Waals surface area contributed by atoms with Crippen LogP contribution in [-0.2, 0) is 14.8 Å². The molecule has 0 spiro atoms. The van der Waals surface area contributed by atoms with Gasteiger partial charge in [0.25, 0.3) is 15.9 Å². The molecule has 2 aromatic rings. The minimum absolute atomic E-state index is 0.0998. The zero-order chi connectivity index (χ0) is 24.2. The predicted molar refractivity (Wildman–Crippen MR) is 120 cm³/mol. The topological polar surface area (TPSA) is 103 Å². The van der Waals surface area contributed by atoms with Crippen molar-refractivity contribution >= 4 is 38.5 Å². The SMILES string of the molecule is C=C(C(=O)NS(=O)(=O)c1ccccc1)/C(Cl)=N\C(=C/C)n1ccc(OCC2(C(F)F)CC2)n1. The van der Waals surface area contributed by atoms with E-state index in [0.717, 1.165) is 0 Å². The Morgan fingerprint density at radius 2 is 2.03 bits per heavy atom. The average molecular weight is 499 g/mol. The first-order chi connectivity index (χ1) is 15.6. The molecule has 1 amide bonds. The summed E-state index contributed by atoms with van der Waals surface area (Å²) in [5, 5.41) is 3.75. The lowest BCUT2D eigenvalue weighted by atomic mass is 10.1. The second-order valence-corrected chi connectivity index (χ2v) is 9.37. The third-order valence-corrected chi connectivity index (χ3v) is 6.60. The quantitative estimate of drug-likeness (QED) is 0.396. The van der Waals surface area contributed by atoms with Crippen LogP contribution in [0.25, 0.3) is 5.82 Å². The Balaban J connectivity index is 1.66. The Bertz CT molecular complexity index is 1210. The Morgan fingerprint density at radius 3 is 2.61 bits per heavy atom. The van der Waals surface area contributed by atoms with Gasteiger partial charge >= 0.3 is 0 Å². The van der Waals surface area contributed by atoms with Crippen LogP contribution < -0.4 is 9.46 Å². The lowest BCUT2D eigenvalue weighted by Crippen LogP contribution is -2.32. The number of carbonyl (C=O) groups is 1. The number of halogens is 3. The molecule has 1 N–H and O–H groups in total. The van der Waals surface area contributed by atoms with E-state index in [-0.39, 0.29) is 33.9 Å². The van der Waals surface area contributed by atoms with Crippen LogP contribution in [0.1, 0.15) is 19.8 Å². The largest absolute Gasteiger partial charge is 0.476 e. The highest BCUT2D eigenvalue weighted by molar-refractivity contribution is 7.90. The normalized spacial score (nSPS) is 15.9. The monoisotopic (exact) mass is 498 g/mol. The molecule has 33 heavy (non-hydrogen) atoms. The molecular weight excluding hydrogens is 478 g/mol. The summed E-state index contributed by atoms with van der Waals surface area (Å²) in [6.07, 6.45) is 1.33. The maximum Gasteiger partial charge on any atom is 0.267 e. The standard InChI is InChI=1S/C21H21ClF2N4O4S/c1-3-16(28-12-9-17(26-28)32-13-21(10-11-21)20(23)24)25-18(22)14(2)19(29)27-33(30,31)15-7-5-4-6-8-15/h3-9,12,20H,2,10-11,13H2,1H3,(H,27,29)/b16-3+,25-18+. The summed E-state index contributed by atoms with van der Waals surface area (Å²) in [5.74, 6) is -0.753. The van der Waals surface area contributed by atoms with Crippen LogP contribution in [0.3, 0.4) is 0 Å². The summed E-state index contributed by atoms with van der Waals surface area (Å²) in [7, 11) is -4.12. The zero-order valence-corrected chi connectivity index (χ0v) is 19.1. The molecule has 0 radical (unpaired) electrons. The highest BCUT2D eigenvalue weighted by atomic mass is 35.5. The number of aromatic nitrogens is 2. The molecule has 0 unspecified atom stereocenters. The number of rotatable bonds is 10. The van der Waals surface area contributed by atoms with Gasteiger partial charge in [0.2, 0.25) is 12.3 Å². The van der Waals surface area contributed by atoms with Gasteiger partial charge in [-0.1, -0.05) is 36.4 Å². The van der Waals surface area contributed by atoms with E-state index in [1.807, 2.05) is 4.72 Å². The van der Waals surface area contributed by atoms with Crippen molar-refractivity contribution in [2.24, 2.45) is 10.4 Å². The van der Waals surface area contributed by atoms with Crippen LogP contribution in [0.5, 0.6) is 5.88 Å². The summed E-state index contributed by atoms with van der Waals surface area (Å²) in [6.45, 7) is 4.99. The summed E-state index contributed by atoms with van der Waals surface area (Å²) >= 11 is 6.09. The maximum absolute atomic E-state index is 13.0. The number of sulfonamides is 1. The molecule has 176 valence electrons. The molecule has 1 aromatic carbocycles. The first kappa shape index (κ1) is 24.6. The van der Waals surface area contributed by atoms with Crippen molar-refractivity contribution in [2.45, 2.75) is 31.1 Å². The lowest BCUT2D eigenvalue weighted by Gasteiger charge is -2.13. The molecule has 12 heteroatoms. The number of nitrogens with zero attached hydrogens (tertiary/aromatic N) is 3. The van der Waals surface area contributed by atoms with E-state index < -0.39 is 27.8 Å². The summed E-state index contributed by atoms with van der Waals surface area (Å²) in [5.41, 5.74) is -1.49. The van der Waals surface area contributed by atoms with E-state index in [0.29, 0.717) is 12.8 Å². The van der Waals surface area contributed by atoms with Crippen LogP contribution in [0.15, 0.2) is 70.7 Å². The second kappa shape index (κ2) is 9.84. The van der Waals surface area contributed by atoms with Crippen LogP contribution in [0.4, 0.5) is 8.78 Å². The number of nitrogens with one attached hydrogen (secondary N) is 1. The van der Waals surface area contributed by atoms with E-state index in [1.54, 1.807) is 13.0 Å². The molecule has 1 heterocycles. The predicted octanol–water partition coefficient (Wildman–Crippen LogP) is 3.82. The third kappa shape index (κ3) is 5.85. The highest BCUT2D eigenvalue weighted by Crippen LogP contribution is 2.50. The van der Waals surface area contributed by atoms with Crippen molar-refractivity contribution in [1.29, 1.82) is 0 Å². The van der Waals surface area contributed by atoms with Gasteiger partial charge in [-0.25, -0.2) is 31.6 Å². The number of hydrogen-bond acceptors (Lipinski definition) is 6. The van der Waals surface area contributed by atoms with Gasteiger partial charge in [-0.2, -0.15) is 0 Å². The van der Waals surface area contributed by atoms with Crippen LogP contribution in [-0.4, -0.2) is 42.3 Å². The Labute approximate surface area is 194 Å². The van der Waals surface area contributed by atoms with Crippen molar-refractivity contribution in [3.05, 3.63) is 60.8 Å². The van der Waals surface area contributed by atoms with Gasteiger partial charge in [-0.05, 0) is 38.0 Å². The number of allylic oxidation sites excluding steroid dienone is 1. The van der Waals surface area contributed by atoms with E-state index in [9.17, 15) is 22.0 Å². The molecule has 8 nitrogen and oxygen atoms in total. The zero-order valence-electron chi connectivity index (χ0n) is 17.5. The summed E-state index contributed by atoms with van der Waals surface area (Å²) < 4.78 is 59.2. The third-order valence-electron chi connectivity index (χ3n) is 4.94. The van der Waals surface area contributed by atoms with Gasteiger partial charge in [0, 0.05) is 12.3 Å². The first-order valence-electron chi connectivity index (χ1n) is 9.77. The number of benzene rings is 1. The number of alkyl halides is 2. The number of amides is 1. The van der Waals surface area contributed by atoms with Crippen molar-refractivity contribution in [3.63, 3.8) is 0 Å². The fourth-order valence-electron chi connectivity index (χ4n) is 2.67. The van der Waals surface area contributed by atoms with Crippen molar-refractivity contribution in [3.8, 4) is 5.88 Å². The number of carbonyl (C=O) groups excluding carboxylic acids is 1. The molecule has 0 atom stereocenters. The van der Waals surface area contributed by atoms with Gasteiger partial charge < -0.3 is 4.74 Å². The van der Waals surface area contributed by atoms with Crippen LogP contribution in [0.2, 0.25) is 0 Å². The van der Waals surface area contributed by atoms with Gasteiger partial charge in [0.15, 0.2) is 5.82 Å². The minimum Gasteiger partial charge on any atom is -0.476 e. The fraction of sp³-hybridized carbons (Fsp3) is 0.286. The molecule has 1 aromatic heterocycles. The van der Waals surface area contributed by atoms with Gasteiger partial charge in [0.1, 0.15) is 11.8 Å². The number of ether oxygens (including phenoxy) is 1. The highest BCUT2D eigenvalue weighted by Gasteiger charge is 2.52. The van der Waals surface area contributed by atoms with Crippen molar-refractivity contribution in [2.75, 3.05) is 6.61 Å². The molecule has 0 aliphatic heterocycles. The lowest BCUT2D eigenvalue weighted by molar-refractivity contribution is -0.115. The smallest absolute Gasteiger partial charge is 0.267 e. The number of hydrogen-bond donors (Lipinski definition) is 1. The Morgan fingerprint density at radius 1 is 1.36 bits per heavy atom. The molecular formula is C21H21ClF2N4O4S. The summed E-state index contributed by atoms with van der Waals surface area (Å²) in [6, 6.07) is 8.80. The second-order valence-electron chi connectivity index (χ2n) is 7.33. The van der Waals surface area contributed by atoms with E-state index in [1.165, 1.54) is 47.3 Å². The van der Waals surface area contributed by atoms with E-state index in [2.05, 4.69) is 16.7 Å². The molecule has 1 aliphatic carbocycles. The van der Waals surface area contributed by atoms with Gasteiger partial charge in [-0.15, -0.1) is 5.10 Å². The Kier molecular flexibility index (Phi) is 7.33. The average Bonchev–Trinajstić information content (AvgIpc) is 3.45. The molecule has 0 saturated heterocycles. The van der Waals surface area contributed by atoms with Crippen molar-refractivity contribution < 1.29 is 26.7 Å². The molecule has 3 rings (SSSR count). The van der Waals surface area contributed by atoms with Crippen LogP contribution >= 0.6 is 11.6 Å². The van der Waals surface area contributed by atoms with Gasteiger partial charge in [-0.3, -0.25) is 4.79 Å². The maximum atomic E-state index is 13.0. The Hall–Kier alpha value is -3.05. The van der Waals surface area contributed by atoms with E-state index in [4.69, 9.17) is 16.3 Å². The minimum atomic E-state index is -4.12. The molecule has 1 saturated carbocycles. The first-order valence-corrected chi connectivity index (χ1v) is 11.6.